The van der Waals surface area contributed by atoms with Crippen molar-refractivity contribution in [3.63, 3.8) is 0 Å². The lowest BCUT2D eigenvalue weighted by Crippen LogP contribution is -2.78. The molecule has 26 heteroatoms. The third-order valence-corrected chi connectivity index (χ3v) is 5.76. The van der Waals surface area contributed by atoms with Crippen LogP contribution in [0.1, 0.15) is 32.1 Å². The summed E-state index contributed by atoms with van der Waals surface area (Å²) < 4.78 is 334. The molecule has 0 amide bonds. The fourth-order valence-corrected chi connectivity index (χ4v) is 2.95. The Morgan fingerprint density at radius 3 is 0.750 bits per heavy atom. The van der Waals surface area contributed by atoms with Gasteiger partial charge in [-0.15, -0.1) is 0 Å². The number of unbranched alkanes of at least 4 members (excludes halogenated alkanes) is 3. The molecule has 0 atom stereocenters. The molecule has 0 aliphatic carbocycles. The van der Waals surface area contributed by atoms with E-state index >= 15 is 0 Å². The molecule has 0 bridgehead atoms. The maximum absolute atomic E-state index is 13.8. The average Bonchev–Trinajstić information content (AvgIpc) is 2.81. The van der Waals surface area contributed by atoms with Crippen molar-refractivity contribution in [2.45, 2.75) is 103 Å². The summed E-state index contributed by atoms with van der Waals surface area (Å²) in [6, 6.07) is 0. The molecule has 1 nitrogen and oxygen atoms in total. The molecular formula is C18H13F25O. The standard InChI is InChI=1S/C18H13F25O/c19-7(20,5-3-1-2-4-6-44)8(21,22)9(23,24)10(25,26)11(27,28)12(29,30)13(31,32)14(33,34)15(35,36)16(37,38)17(39,40)18(41,42)43/h44H,1-6H2. The zero-order valence-electron chi connectivity index (χ0n) is 20.1. The summed E-state index contributed by atoms with van der Waals surface area (Å²) in [6.07, 6.45) is -13.7. The zero-order valence-corrected chi connectivity index (χ0v) is 20.1. The van der Waals surface area contributed by atoms with Gasteiger partial charge in [-0.3, -0.25) is 0 Å². The van der Waals surface area contributed by atoms with Crippen LogP contribution in [0.25, 0.3) is 0 Å². The Morgan fingerprint density at radius 2 is 0.500 bits per heavy atom. The van der Waals surface area contributed by atoms with E-state index < -0.39 is 97.2 Å². The molecule has 0 fully saturated rings. The van der Waals surface area contributed by atoms with Gasteiger partial charge in [0.1, 0.15) is 0 Å². The monoisotopic (exact) mass is 720 g/mol. The second-order valence-electron chi connectivity index (χ2n) is 8.83. The largest absolute Gasteiger partial charge is 0.460 e. The van der Waals surface area contributed by atoms with Crippen LogP contribution >= 0.6 is 0 Å². The van der Waals surface area contributed by atoms with Crippen molar-refractivity contribution in [3.05, 3.63) is 0 Å². The fourth-order valence-electron chi connectivity index (χ4n) is 2.95. The Morgan fingerprint density at radius 1 is 0.273 bits per heavy atom. The van der Waals surface area contributed by atoms with E-state index in [1.165, 1.54) is 0 Å². The first-order valence-electron chi connectivity index (χ1n) is 10.6. The summed E-state index contributed by atoms with van der Waals surface area (Å²) in [6.45, 7) is -0.682. The van der Waals surface area contributed by atoms with Crippen molar-refractivity contribution in [1.29, 1.82) is 0 Å². The topological polar surface area (TPSA) is 20.2 Å². The molecule has 0 aliphatic heterocycles. The number of aliphatic hydroxyl groups excluding tert-OH is 1. The molecular weight excluding hydrogens is 707 g/mol. The van der Waals surface area contributed by atoms with Gasteiger partial charge in [0, 0.05) is 13.0 Å². The first kappa shape index (κ1) is 42.2. The third-order valence-electron chi connectivity index (χ3n) is 5.76. The Bertz CT molecular complexity index is 976. The molecule has 0 unspecified atom stereocenters. The SMILES string of the molecule is OCCCCCCC(F)(F)C(F)(F)C(F)(F)C(F)(F)C(F)(F)C(F)(F)C(F)(F)C(F)(F)C(F)(F)C(F)(F)C(F)(F)C(F)(F)F. The van der Waals surface area contributed by atoms with E-state index in [4.69, 9.17) is 5.11 Å². The van der Waals surface area contributed by atoms with Gasteiger partial charge >= 0.3 is 71.3 Å². The highest BCUT2D eigenvalue weighted by Gasteiger charge is 2.99. The summed E-state index contributed by atoms with van der Waals surface area (Å²) in [5.41, 5.74) is 0. The van der Waals surface area contributed by atoms with E-state index in [-0.39, 0.29) is 12.8 Å². The summed E-state index contributed by atoms with van der Waals surface area (Å²) >= 11 is 0. The van der Waals surface area contributed by atoms with Crippen molar-refractivity contribution in [2.24, 2.45) is 0 Å². The molecule has 0 aromatic carbocycles. The van der Waals surface area contributed by atoms with Crippen molar-refractivity contribution in [2.75, 3.05) is 6.61 Å². The third kappa shape index (κ3) is 5.58. The molecule has 0 saturated heterocycles. The van der Waals surface area contributed by atoms with Crippen LogP contribution in [-0.4, -0.2) is 83.0 Å². The van der Waals surface area contributed by atoms with Crippen LogP contribution in [0.3, 0.4) is 0 Å². The Kier molecular flexibility index (Phi) is 11.0. The van der Waals surface area contributed by atoms with E-state index in [2.05, 4.69) is 0 Å². The quantitative estimate of drug-likeness (QED) is 0.125. The van der Waals surface area contributed by atoms with Gasteiger partial charge in [-0.1, -0.05) is 12.8 Å². The molecule has 0 rings (SSSR count). The number of aliphatic hydroxyl groups is 1. The van der Waals surface area contributed by atoms with Crippen LogP contribution in [0.15, 0.2) is 0 Å². The van der Waals surface area contributed by atoms with Crippen LogP contribution in [0.4, 0.5) is 110 Å². The lowest BCUT2D eigenvalue weighted by molar-refractivity contribution is -0.482. The maximum Gasteiger partial charge on any atom is 0.460 e. The van der Waals surface area contributed by atoms with Gasteiger partial charge < -0.3 is 5.11 Å². The molecule has 0 aromatic heterocycles. The van der Waals surface area contributed by atoms with E-state index in [1.807, 2.05) is 0 Å². The predicted molar refractivity (Wildman–Crippen MR) is 90.6 cm³/mol. The number of halogens is 25. The fraction of sp³-hybridized carbons (Fsp3) is 1.00. The van der Waals surface area contributed by atoms with Crippen LogP contribution < -0.4 is 0 Å². The maximum atomic E-state index is 13.8. The van der Waals surface area contributed by atoms with Gasteiger partial charge in [0.15, 0.2) is 0 Å². The minimum absolute atomic E-state index is 0.283. The number of hydrogen-bond donors (Lipinski definition) is 1. The summed E-state index contributed by atoms with van der Waals surface area (Å²) in [5.74, 6) is -97.9. The normalized spacial score (nSPS) is 16.5. The molecule has 0 saturated carbocycles. The van der Waals surface area contributed by atoms with Crippen molar-refractivity contribution < 1.29 is 115 Å². The van der Waals surface area contributed by atoms with Gasteiger partial charge in [-0.2, -0.15) is 110 Å². The molecule has 0 spiro atoms. The number of alkyl halides is 25. The first-order chi connectivity index (χ1) is 18.8. The second kappa shape index (κ2) is 11.5. The first-order valence-corrected chi connectivity index (χ1v) is 10.6. The lowest BCUT2D eigenvalue weighted by atomic mass is 9.84. The van der Waals surface area contributed by atoms with Crippen molar-refractivity contribution >= 4 is 0 Å². The van der Waals surface area contributed by atoms with E-state index in [0.29, 0.717) is 0 Å². The molecule has 0 radical (unpaired) electrons. The highest BCUT2D eigenvalue weighted by molar-refractivity contribution is 5.19. The Hall–Kier alpha value is -1.79. The molecule has 1 N–H and O–H groups in total. The van der Waals surface area contributed by atoms with Crippen molar-refractivity contribution in [3.8, 4) is 0 Å². The van der Waals surface area contributed by atoms with E-state index in [9.17, 15) is 110 Å². The Balaban J connectivity index is 7.04. The molecule has 266 valence electrons. The van der Waals surface area contributed by atoms with Gasteiger partial charge in [-0.05, 0) is 12.8 Å². The predicted octanol–water partition coefficient (Wildman–Crippen LogP) is 9.48. The number of rotatable bonds is 16. The van der Waals surface area contributed by atoms with Gasteiger partial charge in [-0.25, -0.2) is 0 Å². The van der Waals surface area contributed by atoms with E-state index in [1.54, 1.807) is 0 Å². The molecule has 0 aromatic rings. The van der Waals surface area contributed by atoms with Gasteiger partial charge in [0.25, 0.3) is 0 Å². The summed E-state index contributed by atoms with van der Waals surface area (Å²) in [5, 5.41) is 8.41. The zero-order chi connectivity index (χ0) is 36.2. The van der Waals surface area contributed by atoms with Gasteiger partial charge in [0.05, 0.1) is 0 Å². The Labute approximate surface area is 226 Å². The molecule has 0 aliphatic rings. The molecule has 0 heterocycles. The van der Waals surface area contributed by atoms with Crippen molar-refractivity contribution in [1.82, 2.24) is 0 Å². The minimum Gasteiger partial charge on any atom is -0.396 e. The second-order valence-corrected chi connectivity index (χ2v) is 8.83. The highest BCUT2D eigenvalue weighted by Crippen LogP contribution is 2.67. The highest BCUT2D eigenvalue weighted by atomic mass is 19.4. The summed E-state index contributed by atoms with van der Waals surface area (Å²) in [7, 11) is 0. The smallest absolute Gasteiger partial charge is 0.396 e. The minimum atomic E-state index is -9.58. The van der Waals surface area contributed by atoms with Crippen LogP contribution in [0, 0.1) is 0 Å². The average molecular weight is 720 g/mol. The van der Waals surface area contributed by atoms with E-state index in [0.717, 1.165) is 0 Å². The van der Waals surface area contributed by atoms with Crippen LogP contribution in [-0.2, 0) is 0 Å². The van der Waals surface area contributed by atoms with Gasteiger partial charge in [0.2, 0.25) is 0 Å². The van der Waals surface area contributed by atoms with Crippen LogP contribution in [0.2, 0.25) is 0 Å². The lowest BCUT2D eigenvalue weighted by Gasteiger charge is -2.45. The van der Waals surface area contributed by atoms with Crippen LogP contribution in [0.5, 0.6) is 0 Å². The summed E-state index contributed by atoms with van der Waals surface area (Å²) in [4.78, 5) is 0. The number of hydrogen-bond acceptors (Lipinski definition) is 1. The molecule has 44 heavy (non-hydrogen) atoms.